The lowest BCUT2D eigenvalue weighted by Gasteiger charge is -2.05. The molecule has 0 aliphatic carbocycles. The number of thiazole rings is 1. The third-order valence-electron chi connectivity index (χ3n) is 3.92. The number of benzene rings is 1. The predicted octanol–water partition coefficient (Wildman–Crippen LogP) is 4.31. The van der Waals surface area contributed by atoms with E-state index >= 15 is 0 Å². The smallest absolute Gasteiger partial charge is 0.248 e. The number of anilines is 1. The summed E-state index contributed by atoms with van der Waals surface area (Å²) in [6.07, 6.45) is 7.53. The molecular weight excluding hydrogens is 428 g/mol. The molecule has 3 aromatic rings. The van der Waals surface area contributed by atoms with Crippen LogP contribution in [0.5, 0.6) is 5.75 Å². The van der Waals surface area contributed by atoms with Crippen LogP contribution < -0.4 is 10.1 Å². The summed E-state index contributed by atoms with van der Waals surface area (Å²) in [7, 11) is 1.60. The molecule has 6 nitrogen and oxygen atoms in total. The molecule has 1 aromatic carbocycles. The first-order valence-electron chi connectivity index (χ1n) is 8.29. The van der Waals surface area contributed by atoms with Crippen LogP contribution in [0, 0.1) is 6.92 Å². The van der Waals surface area contributed by atoms with Crippen molar-refractivity contribution in [2.24, 2.45) is 0 Å². The Morgan fingerprint density at radius 1 is 1.44 bits per heavy atom. The first-order chi connectivity index (χ1) is 13.0. The van der Waals surface area contributed by atoms with Crippen molar-refractivity contribution in [3.63, 3.8) is 0 Å². The van der Waals surface area contributed by atoms with Crippen molar-refractivity contribution in [2.75, 3.05) is 12.4 Å². The second kappa shape index (κ2) is 8.96. The van der Waals surface area contributed by atoms with Crippen LogP contribution in [0.25, 0.3) is 6.08 Å². The Balaban J connectivity index is 1.58. The number of aromatic nitrogens is 3. The van der Waals surface area contributed by atoms with E-state index < -0.39 is 0 Å². The van der Waals surface area contributed by atoms with Crippen molar-refractivity contribution >= 4 is 44.9 Å². The van der Waals surface area contributed by atoms with E-state index in [1.54, 1.807) is 30.7 Å². The van der Waals surface area contributed by atoms with E-state index in [4.69, 9.17) is 4.74 Å². The number of nitrogens with one attached hydrogen (secondary N) is 1. The molecule has 0 saturated heterocycles. The van der Waals surface area contributed by atoms with Crippen LogP contribution in [0.4, 0.5) is 5.69 Å². The number of methoxy groups -OCH3 is 1. The van der Waals surface area contributed by atoms with Gasteiger partial charge in [0.25, 0.3) is 0 Å². The van der Waals surface area contributed by atoms with Crippen LogP contribution in [0.2, 0.25) is 0 Å². The summed E-state index contributed by atoms with van der Waals surface area (Å²) >= 11 is 5.07. The Hall–Kier alpha value is -2.45. The quantitative estimate of drug-likeness (QED) is 0.548. The average Bonchev–Trinajstić information content (AvgIpc) is 3.27. The average molecular weight is 447 g/mol. The number of carbonyl (C=O) groups is 1. The fourth-order valence-electron chi connectivity index (χ4n) is 2.52. The van der Waals surface area contributed by atoms with Gasteiger partial charge in [0, 0.05) is 40.2 Å². The molecule has 0 saturated carbocycles. The number of nitrogens with zero attached hydrogens (tertiary/aromatic N) is 3. The summed E-state index contributed by atoms with van der Waals surface area (Å²) in [4.78, 5) is 17.7. The molecule has 3 rings (SSSR count). The van der Waals surface area contributed by atoms with E-state index in [9.17, 15) is 4.79 Å². The molecule has 0 atom stereocenters. The van der Waals surface area contributed by atoms with Crippen LogP contribution in [0.1, 0.15) is 16.1 Å². The minimum atomic E-state index is -0.227. The third kappa shape index (κ3) is 5.27. The summed E-state index contributed by atoms with van der Waals surface area (Å²) in [6.45, 7) is 2.75. The lowest BCUT2D eigenvalue weighted by Crippen LogP contribution is -2.07. The molecule has 0 unspecified atom stereocenters. The Morgan fingerprint density at radius 2 is 2.30 bits per heavy atom. The number of ether oxygens (including phenoxy) is 1. The molecule has 8 heteroatoms. The van der Waals surface area contributed by atoms with E-state index in [-0.39, 0.29) is 5.91 Å². The maximum absolute atomic E-state index is 12.2. The molecule has 27 heavy (non-hydrogen) atoms. The molecule has 2 heterocycles. The molecule has 0 aliphatic heterocycles. The topological polar surface area (TPSA) is 69.0 Å². The molecule has 0 aliphatic rings. The fraction of sp³-hybridized carbons (Fsp3) is 0.211. The number of hydrogen-bond donors (Lipinski definition) is 1. The Bertz CT molecular complexity index is 964. The second-order valence-corrected chi connectivity index (χ2v) is 7.67. The van der Waals surface area contributed by atoms with E-state index in [2.05, 4.69) is 31.3 Å². The largest absolute Gasteiger partial charge is 0.496 e. The first kappa shape index (κ1) is 19.3. The summed E-state index contributed by atoms with van der Waals surface area (Å²) in [5.41, 5.74) is 4.39. The van der Waals surface area contributed by atoms with Gasteiger partial charge in [0.1, 0.15) is 5.75 Å². The summed E-state index contributed by atoms with van der Waals surface area (Å²) < 4.78 is 8.03. The Morgan fingerprint density at radius 3 is 3.04 bits per heavy atom. The van der Waals surface area contributed by atoms with Gasteiger partial charge in [-0.1, -0.05) is 15.9 Å². The van der Waals surface area contributed by atoms with Crippen molar-refractivity contribution in [2.45, 2.75) is 19.9 Å². The van der Waals surface area contributed by atoms with Crippen molar-refractivity contribution in [3.8, 4) is 5.75 Å². The molecule has 2 aromatic heterocycles. The number of hydrogen-bond acceptors (Lipinski definition) is 5. The van der Waals surface area contributed by atoms with Crippen molar-refractivity contribution in [1.29, 1.82) is 0 Å². The highest BCUT2D eigenvalue weighted by Crippen LogP contribution is 2.24. The normalized spacial score (nSPS) is 11.1. The lowest BCUT2D eigenvalue weighted by molar-refractivity contribution is -0.111. The van der Waals surface area contributed by atoms with Crippen molar-refractivity contribution in [3.05, 3.63) is 62.8 Å². The number of amides is 1. The highest BCUT2D eigenvalue weighted by molar-refractivity contribution is 9.10. The molecule has 0 radical (unpaired) electrons. The molecule has 0 bridgehead atoms. The van der Waals surface area contributed by atoms with Gasteiger partial charge in [0.05, 0.1) is 30.2 Å². The van der Waals surface area contributed by atoms with Crippen LogP contribution in [-0.4, -0.2) is 27.8 Å². The van der Waals surface area contributed by atoms with Gasteiger partial charge in [-0.05, 0) is 31.2 Å². The zero-order valence-corrected chi connectivity index (χ0v) is 17.4. The van der Waals surface area contributed by atoms with Gasteiger partial charge in [-0.2, -0.15) is 5.10 Å². The molecule has 0 fully saturated rings. The predicted molar refractivity (Wildman–Crippen MR) is 111 cm³/mol. The Kier molecular flexibility index (Phi) is 6.41. The fourth-order valence-corrected chi connectivity index (χ4v) is 3.67. The SMILES string of the molecule is COc1ccc(Br)cc1/C=C/C(=O)Nc1cnn(CCc2scnc2C)c1. The molecule has 1 amide bonds. The maximum Gasteiger partial charge on any atom is 0.248 e. The van der Waals surface area contributed by atoms with Gasteiger partial charge >= 0.3 is 0 Å². The van der Waals surface area contributed by atoms with E-state index in [0.717, 1.165) is 28.7 Å². The highest BCUT2D eigenvalue weighted by Gasteiger charge is 2.06. The van der Waals surface area contributed by atoms with Crippen molar-refractivity contribution < 1.29 is 9.53 Å². The maximum atomic E-state index is 12.2. The summed E-state index contributed by atoms with van der Waals surface area (Å²) in [6, 6.07) is 5.62. The molecule has 1 N–H and O–H groups in total. The molecule has 140 valence electrons. The van der Waals surface area contributed by atoms with Crippen LogP contribution >= 0.6 is 27.3 Å². The van der Waals surface area contributed by atoms with Gasteiger partial charge in [-0.15, -0.1) is 11.3 Å². The zero-order chi connectivity index (χ0) is 19.2. The lowest BCUT2D eigenvalue weighted by atomic mass is 10.2. The zero-order valence-electron chi connectivity index (χ0n) is 15.0. The van der Waals surface area contributed by atoms with E-state index in [1.165, 1.54) is 11.0 Å². The second-order valence-electron chi connectivity index (χ2n) is 5.81. The van der Waals surface area contributed by atoms with Crippen LogP contribution in [0.15, 0.2) is 46.7 Å². The number of halogens is 1. The summed E-state index contributed by atoms with van der Waals surface area (Å²) in [5, 5.41) is 7.11. The number of carbonyl (C=O) groups excluding carboxylic acids is 1. The van der Waals surface area contributed by atoms with E-state index in [0.29, 0.717) is 11.4 Å². The summed E-state index contributed by atoms with van der Waals surface area (Å²) in [5.74, 6) is 0.475. The van der Waals surface area contributed by atoms with Crippen molar-refractivity contribution in [1.82, 2.24) is 14.8 Å². The monoisotopic (exact) mass is 446 g/mol. The van der Waals surface area contributed by atoms with E-state index in [1.807, 2.05) is 41.5 Å². The first-order valence-corrected chi connectivity index (χ1v) is 9.96. The molecule has 0 spiro atoms. The number of rotatable bonds is 7. The van der Waals surface area contributed by atoms with Gasteiger partial charge in [0.15, 0.2) is 0 Å². The minimum Gasteiger partial charge on any atom is -0.496 e. The standard InChI is InChI=1S/C19H19BrN4O2S/c1-13-18(27-12-21-13)7-8-24-11-16(10-22-24)23-19(25)6-3-14-9-15(20)4-5-17(14)26-2/h3-6,9-12H,7-8H2,1-2H3,(H,23,25)/b6-3+. The van der Waals surface area contributed by atoms with Crippen LogP contribution in [0.3, 0.4) is 0 Å². The van der Waals surface area contributed by atoms with Gasteiger partial charge in [-0.3, -0.25) is 9.48 Å². The highest BCUT2D eigenvalue weighted by atomic mass is 79.9. The van der Waals surface area contributed by atoms with Crippen LogP contribution in [-0.2, 0) is 17.8 Å². The van der Waals surface area contributed by atoms with Gasteiger partial charge in [0.2, 0.25) is 5.91 Å². The van der Waals surface area contributed by atoms with Gasteiger partial charge < -0.3 is 10.1 Å². The minimum absolute atomic E-state index is 0.227. The van der Waals surface area contributed by atoms with Gasteiger partial charge in [-0.25, -0.2) is 4.98 Å². The Labute approximate surface area is 170 Å². The number of aryl methyl sites for hydroxylation is 3. The molecular formula is C19H19BrN4O2S. The third-order valence-corrected chi connectivity index (χ3v) is 5.41.